The number of halogens is 1. The summed E-state index contributed by atoms with van der Waals surface area (Å²) in [4.78, 5) is 0.0964. The number of hydrogen-bond acceptors (Lipinski definition) is 4. The summed E-state index contributed by atoms with van der Waals surface area (Å²) in [5.74, 6) is 0.152. The molecule has 0 unspecified atom stereocenters. The van der Waals surface area contributed by atoms with E-state index in [1.807, 2.05) is 0 Å². The lowest BCUT2D eigenvalue weighted by Gasteiger charge is -2.11. The minimum Gasteiger partial charge on any atom is -0.361 e. The molecule has 0 aliphatic carbocycles. The van der Waals surface area contributed by atoms with Crippen molar-refractivity contribution in [3.8, 4) is 0 Å². The number of sulfonamides is 1. The van der Waals surface area contributed by atoms with Crippen molar-refractivity contribution in [2.75, 3.05) is 0 Å². The van der Waals surface area contributed by atoms with Crippen LogP contribution in [0.5, 0.6) is 0 Å². The number of rotatable bonds is 4. The van der Waals surface area contributed by atoms with Crippen molar-refractivity contribution in [1.29, 1.82) is 0 Å². The first-order valence-electron chi connectivity index (χ1n) is 5.98. The van der Waals surface area contributed by atoms with Crippen molar-refractivity contribution in [2.45, 2.75) is 32.2 Å². The van der Waals surface area contributed by atoms with Crippen LogP contribution >= 0.6 is 0 Å². The van der Waals surface area contributed by atoms with E-state index in [0.717, 1.165) is 0 Å². The van der Waals surface area contributed by atoms with Crippen LogP contribution in [-0.2, 0) is 16.6 Å². The van der Waals surface area contributed by atoms with Gasteiger partial charge in [0.05, 0.1) is 17.1 Å². The number of aromatic nitrogens is 1. The molecule has 0 radical (unpaired) electrons. The summed E-state index contributed by atoms with van der Waals surface area (Å²) in [7, 11) is -3.73. The van der Waals surface area contributed by atoms with Gasteiger partial charge in [0, 0.05) is 6.07 Å². The van der Waals surface area contributed by atoms with Crippen molar-refractivity contribution < 1.29 is 17.3 Å². The maximum absolute atomic E-state index is 13.2. The average Bonchev–Trinajstić information content (AvgIpc) is 2.71. The quantitative estimate of drug-likeness (QED) is 0.939. The first kappa shape index (κ1) is 14.7. The molecule has 0 aliphatic rings. The molecule has 108 valence electrons. The Kier molecular flexibility index (Phi) is 3.92. The molecule has 0 fully saturated rings. The van der Waals surface area contributed by atoms with E-state index in [4.69, 9.17) is 4.52 Å². The second kappa shape index (κ2) is 5.34. The molecule has 0 saturated heterocycles. The Labute approximate surface area is 116 Å². The molecular weight excluding hydrogens is 283 g/mol. The number of hydrogen-bond donors (Lipinski definition) is 1. The normalized spacial score (nSPS) is 11.8. The highest BCUT2D eigenvalue weighted by Gasteiger charge is 2.20. The van der Waals surface area contributed by atoms with E-state index in [0.29, 0.717) is 22.6 Å². The molecule has 2 rings (SSSR count). The van der Waals surface area contributed by atoms with E-state index in [-0.39, 0.29) is 11.4 Å². The fourth-order valence-corrected chi connectivity index (χ4v) is 3.51. The van der Waals surface area contributed by atoms with Crippen LogP contribution in [0.3, 0.4) is 0 Å². The van der Waals surface area contributed by atoms with Gasteiger partial charge in [0.15, 0.2) is 0 Å². The Morgan fingerprint density at radius 1 is 1.20 bits per heavy atom. The molecule has 1 aromatic carbocycles. The summed E-state index contributed by atoms with van der Waals surface area (Å²) in [5.41, 5.74) is 1.22. The zero-order valence-electron chi connectivity index (χ0n) is 11.4. The Hall–Kier alpha value is -1.73. The van der Waals surface area contributed by atoms with Gasteiger partial charge in [0.2, 0.25) is 10.0 Å². The Bertz CT molecular complexity index is 715. The second-order valence-corrected chi connectivity index (χ2v) is 6.33. The highest BCUT2D eigenvalue weighted by molar-refractivity contribution is 7.89. The summed E-state index contributed by atoms with van der Waals surface area (Å²) < 4.78 is 45.1. The van der Waals surface area contributed by atoms with Crippen LogP contribution in [0.1, 0.15) is 22.6 Å². The molecule has 0 amide bonds. The van der Waals surface area contributed by atoms with Gasteiger partial charge >= 0.3 is 0 Å². The first-order chi connectivity index (χ1) is 9.29. The largest absolute Gasteiger partial charge is 0.361 e. The lowest BCUT2D eigenvalue weighted by atomic mass is 10.1. The van der Waals surface area contributed by atoms with Crippen molar-refractivity contribution in [1.82, 2.24) is 9.88 Å². The predicted octanol–water partition coefficient (Wildman–Crippen LogP) is 2.22. The van der Waals surface area contributed by atoms with Gasteiger partial charge < -0.3 is 4.52 Å². The number of nitrogens with zero attached hydrogens (tertiary/aromatic N) is 1. The average molecular weight is 298 g/mol. The van der Waals surface area contributed by atoms with Gasteiger partial charge in [-0.05, 0) is 44.0 Å². The van der Waals surface area contributed by atoms with Crippen LogP contribution in [0.25, 0.3) is 0 Å². The molecular formula is C13H15FN2O3S. The monoisotopic (exact) mass is 298 g/mol. The van der Waals surface area contributed by atoms with E-state index in [9.17, 15) is 12.8 Å². The third kappa shape index (κ3) is 3.05. The molecule has 0 aliphatic heterocycles. The van der Waals surface area contributed by atoms with Gasteiger partial charge in [-0.1, -0.05) is 5.16 Å². The van der Waals surface area contributed by atoms with E-state index >= 15 is 0 Å². The van der Waals surface area contributed by atoms with Gasteiger partial charge in [-0.3, -0.25) is 0 Å². The van der Waals surface area contributed by atoms with Crippen LogP contribution in [0.2, 0.25) is 0 Å². The first-order valence-corrected chi connectivity index (χ1v) is 7.46. The molecule has 1 heterocycles. The molecule has 0 atom stereocenters. The van der Waals surface area contributed by atoms with E-state index in [1.165, 1.54) is 12.1 Å². The number of benzene rings is 1. The molecule has 2 aromatic rings. The zero-order chi connectivity index (χ0) is 14.9. The molecule has 1 N–H and O–H groups in total. The summed E-state index contributed by atoms with van der Waals surface area (Å²) in [6, 6.07) is 4.04. The highest BCUT2D eigenvalue weighted by atomic mass is 32.2. The lowest BCUT2D eigenvalue weighted by Crippen LogP contribution is -2.25. The third-order valence-corrected chi connectivity index (χ3v) is 4.52. The Morgan fingerprint density at radius 3 is 2.30 bits per heavy atom. The standard InChI is InChI=1S/C13H15FN2O3S/c1-8-4-11(14)5-9(2)13(8)20(17,18)15-7-12-6-10(3)19-16-12/h4-6,15H,7H2,1-3H3. The minimum atomic E-state index is -3.73. The number of aryl methyl sites for hydroxylation is 3. The molecule has 7 heteroatoms. The SMILES string of the molecule is Cc1cc(CNS(=O)(=O)c2c(C)cc(F)cc2C)no1. The zero-order valence-corrected chi connectivity index (χ0v) is 12.2. The van der Waals surface area contributed by atoms with Gasteiger partial charge in [-0.25, -0.2) is 17.5 Å². The van der Waals surface area contributed by atoms with Crippen molar-refractivity contribution in [3.63, 3.8) is 0 Å². The molecule has 1 aromatic heterocycles. The van der Waals surface area contributed by atoms with E-state index < -0.39 is 15.8 Å². The molecule has 0 spiro atoms. The third-order valence-electron chi connectivity index (χ3n) is 2.81. The van der Waals surface area contributed by atoms with Crippen molar-refractivity contribution >= 4 is 10.0 Å². The van der Waals surface area contributed by atoms with Crippen LogP contribution in [-0.4, -0.2) is 13.6 Å². The van der Waals surface area contributed by atoms with E-state index in [1.54, 1.807) is 26.8 Å². The van der Waals surface area contributed by atoms with Crippen LogP contribution < -0.4 is 4.72 Å². The highest BCUT2D eigenvalue weighted by Crippen LogP contribution is 2.21. The van der Waals surface area contributed by atoms with Crippen molar-refractivity contribution in [2.24, 2.45) is 0 Å². The maximum Gasteiger partial charge on any atom is 0.241 e. The maximum atomic E-state index is 13.2. The summed E-state index contributed by atoms with van der Waals surface area (Å²) in [6.45, 7) is 4.87. The fourth-order valence-electron chi connectivity index (χ4n) is 2.06. The summed E-state index contributed by atoms with van der Waals surface area (Å²) in [6.07, 6.45) is 0. The molecule has 5 nitrogen and oxygen atoms in total. The van der Waals surface area contributed by atoms with Gasteiger partial charge in [0.1, 0.15) is 11.6 Å². The molecule has 0 saturated carbocycles. The minimum absolute atomic E-state index is 0.0237. The summed E-state index contributed by atoms with van der Waals surface area (Å²) >= 11 is 0. The molecule has 20 heavy (non-hydrogen) atoms. The lowest BCUT2D eigenvalue weighted by molar-refractivity contribution is 0.390. The van der Waals surface area contributed by atoms with Gasteiger partial charge in [-0.2, -0.15) is 0 Å². The topological polar surface area (TPSA) is 72.2 Å². The smallest absolute Gasteiger partial charge is 0.241 e. The summed E-state index contributed by atoms with van der Waals surface area (Å²) in [5, 5.41) is 3.71. The van der Waals surface area contributed by atoms with Crippen LogP contribution in [0, 0.1) is 26.6 Å². The molecule has 0 bridgehead atoms. The van der Waals surface area contributed by atoms with Crippen LogP contribution in [0.4, 0.5) is 4.39 Å². The Morgan fingerprint density at radius 2 is 1.80 bits per heavy atom. The van der Waals surface area contributed by atoms with Gasteiger partial charge in [0.25, 0.3) is 0 Å². The van der Waals surface area contributed by atoms with Crippen LogP contribution in [0.15, 0.2) is 27.6 Å². The van der Waals surface area contributed by atoms with E-state index in [2.05, 4.69) is 9.88 Å². The second-order valence-electron chi connectivity index (χ2n) is 4.62. The fraction of sp³-hybridized carbons (Fsp3) is 0.308. The number of nitrogens with one attached hydrogen (secondary N) is 1. The predicted molar refractivity (Wildman–Crippen MR) is 71.1 cm³/mol. The Balaban J connectivity index is 2.27. The van der Waals surface area contributed by atoms with Crippen molar-refractivity contribution in [3.05, 3.63) is 46.6 Å². The van der Waals surface area contributed by atoms with Gasteiger partial charge in [-0.15, -0.1) is 0 Å².